The molecule has 4 aromatic carbocycles. The third-order valence-electron chi connectivity index (χ3n) is 5.87. The van der Waals surface area contributed by atoms with Gasteiger partial charge in [0.15, 0.2) is 0 Å². The molecule has 0 saturated carbocycles. The Hall–Kier alpha value is -5.99. The van der Waals surface area contributed by atoms with Crippen molar-refractivity contribution >= 4 is 29.2 Å². The first-order chi connectivity index (χ1) is 20.8. The molecule has 0 heterocycles. The standard InChI is InChI=1S/C32H26N2O9/c1-2-40-26-13-15-28(32(38)39)29(19-26)30(35)33-22-8-10-23(11-9-22)34-43-20-21-18-25(12-14-27(21)31(36)37)42-17-16-41-24-6-4-3-5-7-24/h1,3-15,18-19,34H,16-17,20H2,(H,33,35)(H,36,37)(H,38,39). The zero-order chi connectivity index (χ0) is 30.6. The number of hydrogen-bond donors (Lipinski definition) is 4. The smallest absolute Gasteiger partial charge is 0.336 e. The van der Waals surface area contributed by atoms with Crippen LogP contribution in [-0.4, -0.2) is 41.3 Å². The molecule has 1 amide bonds. The maximum Gasteiger partial charge on any atom is 0.336 e. The number of carbonyl (C=O) groups is 3. The summed E-state index contributed by atoms with van der Waals surface area (Å²) in [5.74, 6) is -1.74. The summed E-state index contributed by atoms with van der Waals surface area (Å²) in [6.07, 6.45) is 7.09. The fourth-order valence-corrected chi connectivity index (χ4v) is 3.87. The van der Waals surface area contributed by atoms with E-state index in [1.165, 1.54) is 24.3 Å². The largest absolute Gasteiger partial charge is 0.490 e. The lowest BCUT2D eigenvalue weighted by molar-refractivity contribution is 0.0682. The van der Waals surface area contributed by atoms with Gasteiger partial charge in [-0.1, -0.05) is 24.6 Å². The first-order valence-corrected chi connectivity index (χ1v) is 12.8. The fraction of sp³-hybridized carbons (Fsp3) is 0.0938. The summed E-state index contributed by atoms with van der Waals surface area (Å²) >= 11 is 0. The second kappa shape index (κ2) is 14.6. The highest BCUT2D eigenvalue weighted by Crippen LogP contribution is 2.22. The predicted molar refractivity (Wildman–Crippen MR) is 157 cm³/mol. The maximum atomic E-state index is 12.8. The van der Waals surface area contributed by atoms with Crippen LogP contribution in [0.4, 0.5) is 11.4 Å². The Morgan fingerprint density at radius 1 is 0.698 bits per heavy atom. The maximum absolute atomic E-state index is 12.8. The lowest BCUT2D eigenvalue weighted by Crippen LogP contribution is -2.16. The summed E-state index contributed by atoms with van der Waals surface area (Å²) in [6.45, 7) is 0.470. The first kappa shape index (κ1) is 30.0. The second-order valence-corrected chi connectivity index (χ2v) is 8.79. The van der Waals surface area contributed by atoms with E-state index in [1.807, 2.05) is 36.4 Å². The number of hydrogen-bond acceptors (Lipinski definition) is 8. The van der Waals surface area contributed by atoms with Crippen molar-refractivity contribution in [2.45, 2.75) is 6.61 Å². The highest BCUT2D eigenvalue weighted by molar-refractivity contribution is 6.11. The van der Waals surface area contributed by atoms with Crippen LogP contribution in [0.2, 0.25) is 0 Å². The van der Waals surface area contributed by atoms with Crippen molar-refractivity contribution in [1.29, 1.82) is 0 Å². The van der Waals surface area contributed by atoms with Crippen molar-refractivity contribution in [2.24, 2.45) is 0 Å². The van der Waals surface area contributed by atoms with Crippen LogP contribution >= 0.6 is 0 Å². The minimum absolute atomic E-state index is 0.0604. The molecule has 0 aliphatic carbocycles. The van der Waals surface area contributed by atoms with Gasteiger partial charge >= 0.3 is 11.9 Å². The Bertz CT molecular complexity index is 1630. The van der Waals surface area contributed by atoms with Crippen LogP contribution in [0.3, 0.4) is 0 Å². The Morgan fingerprint density at radius 2 is 1.33 bits per heavy atom. The molecule has 0 aromatic heterocycles. The molecule has 43 heavy (non-hydrogen) atoms. The Labute approximate surface area is 246 Å². The third-order valence-corrected chi connectivity index (χ3v) is 5.87. The molecule has 0 aliphatic rings. The zero-order valence-electron chi connectivity index (χ0n) is 22.6. The molecule has 0 radical (unpaired) electrons. The topological polar surface area (TPSA) is 153 Å². The van der Waals surface area contributed by atoms with Gasteiger partial charge in [-0.15, -0.1) is 0 Å². The average Bonchev–Trinajstić information content (AvgIpc) is 3.00. The summed E-state index contributed by atoms with van der Waals surface area (Å²) in [5, 5.41) is 21.6. The van der Waals surface area contributed by atoms with Gasteiger partial charge in [-0.05, 0) is 78.4 Å². The van der Waals surface area contributed by atoms with Crippen LogP contribution in [0.15, 0.2) is 91.0 Å². The summed E-state index contributed by atoms with van der Waals surface area (Å²) in [6, 6.07) is 24.1. The van der Waals surface area contributed by atoms with Crippen LogP contribution in [0.5, 0.6) is 17.2 Å². The molecule has 4 rings (SSSR count). The van der Waals surface area contributed by atoms with Crippen LogP contribution in [0, 0.1) is 12.5 Å². The average molecular weight is 583 g/mol. The number of carboxylic acid groups (broad SMARTS) is 2. The van der Waals surface area contributed by atoms with Gasteiger partial charge in [-0.25, -0.2) is 9.59 Å². The third kappa shape index (κ3) is 8.50. The molecule has 11 nitrogen and oxygen atoms in total. The minimum Gasteiger partial charge on any atom is -0.490 e. The van der Waals surface area contributed by atoms with Gasteiger partial charge in [0.05, 0.1) is 22.4 Å². The van der Waals surface area contributed by atoms with Crippen molar-refractivity contribution in [2.75, 3.05) is 24.0 Å². The van der Waals surface area contributed by atoms with Crippen LogP contribution in [-0.2, 0) is 11.4 Å². The number of rotatable bonds is 14. The van der Waals surface area contributed by atoms with Gasteiger partial charge < -0.3 is 29.7 Å². The lowest BCUT2D eigenvalue weighted by atomic mass is 10.1. The van der Waals surface area contributed by atoms with Crippen molar-refractivity contribution in [3.8, 4) is 29.8 Å². The second-order valence-electron chi connectivity index (χ2n) is 8.79. The van der Waals surface area contributed by atoms with E-state index in [-0.39, 0.29) is 35.7 Å². The Kier molecular flexibility index (Phi) is 10.2. The molecule has 0 saturated heterocycles. The molecule has 0 spiro atoms. The number of ether oxygens (including phenoxy) is 3. The highest BCUT2D eigenvalue weighted by Gasteiger charge is 2.18. The number of nitrogens with one attached hydrogen (secondary N) is 2. The SMILES string of the molecule is C#COc1ccc(C(=O)O)c(C(=O)Nc2ccc(NOCc3cc(OCCOc4ccccc4)ccc3C(=O)O)cc2)c1. The van der Waals surface area contributed by atoms with Gasteiger partial charge in [0.2, 0.25) is 0 Å². The highest BCUT2D eigenvalue weighted by atomic mass is 16.6. The van der Waals surface area contributed by atoms with Crippen LogP contribution in [0.25, 0.3) is 0 Å². The van der Waals surface area contributed by atoms with Crippen LogP contribution < -0.4 is 25.0 Å². The molecular formula is C32H26N2O9. The van der Waals surface area contributed by atoms with Gasteiger partial charge in [0, 0.05) is 5.69 Å². The molecule has 0 unspecified atom stereocenters. The summed E-state index contributed by atoms with van der Waals surface area (Å²) in [5.41, 5.74) is 3.71. The number of aromatic carboxylic acids is 2. The minimum atomic E-state index is -1.28. The molecule has 11 heteroatoms. The molecule has 4 aromatic rings. The number of anilines is 2. The van der Waals surface area contributed by atoms with E-state index >= 15 is 0 Å². The molecule has 4 N–H and O–H groups in total. The molecule has 0 atom stereocenters. The monoisotopic (exact) mass is 582 g/mol. The summed E-state index contributed by atoms with van der Waals surface area (Å²) in [4.78, 5) is 41.6. The number of terminal acetylenes is 1. The van der Waals surface area contributed by atoms with E-state index in [0.717, 1.165) is 5.75 Å². The Balaban J connectivity index is 1.32. The van der Waals surface area contributed by atoms with Crippen molar-refractivity contribution in [3.05, 3.63) is 113 Å². The number of para-hydroxylation sites is 1. The molecule has 0 aliphatic heterocycles. The van der Waals surface area contributed by atoms with Crippen LogP contribution in [0.1, 0.15) is 36.6 Å². The fourth-order valence-electron chi connectivity index (χ4n) is 3.87. The Morgan fingerprint density at radius 3 is 2.00 bits per heavy atom. The van der Waals surface area contributed by atoms with E-state index in [4.69, 9.17) is 25.5 Å². The van der Waals surface area contributed by atoms with Crippen molar-refractivity contribution < 1.29 is 43.6 Å². The molecule has 218 valence electrons. The van der Waals surface area contributed by atoms with Gasteiger partial charge in [0.25, 0.3) is 5.91 Å². The van der Waals surface area contributed by atoms with E-state index in [9.17, 15) is 24.6 Å². The summed E-state index contributed by atoms with van der Waals surface area (Å²) in [7, 11) is 0. The number of carbonyl (C=O) groups excluding carboxylic acids is 1. The van der Waals surface area contributed by atoms with E-state index < -0.39 is 17.8 Å². The van der Waals surface area contributed by atoms with Gasteiger partial charge in [-0.2, -0.15) is 0 Å². The first-order valence-electron chi connectivity index (χ1n) is 12.8. The van der Waals surface area contributed by atoms with Crippen molar-refractivity contribution in [1.82, 2.24) is 0 Å². The van der Waals surface area contributed by atoms with E-state index in [1.54, 1.807) is 36.4 Å². The normalized spacial score (nSPS) is 10.2. The van der Waals surface area contributed by atoms with Gasteiger partial charge in [0.1, 0.15) is 43.2 Å². The quantitative estimate of drug-likeness (QED) is 0.0875. The number of benzene rings is 4. The summed E-state index contributed by atoms with van der Waals surface area (Å²) < 4.78 is 16.2. The number of amides is 1. The van der Waals surface area contributed by atoms with Crippen molar-refractivity contribution in [3.63, 3.8) is 0 Å². The molecule has 0 bridgehead atoms. The molecular weight excluding hydrogens is 556 g/mol. The van der Waals surface area contributed by atoms with Gasteiger partial charge in [-0.3, -0.25) is 15.1 Å². The van der Waals surface area contributed by atoms with E-state index in [2.05, 4.69) is 10.8 Å². The van der Waals surface area contributed by atoms with E-state index in [0.29, 0.717) is 29.3 Å². The molecule has 0 fully saturated rings. The lowest BCUT2D eigenvalue weighted by Gasteiger charge is -2.13. The zero-order valence-corrected chi connectivity index (χ0v) is 22.6. The number of carboxylic acids is 2. The predicted octanol–water partition coefficient (Wildman–Crippen LogP) is 5.31.